The van der Waals surface area contributed by atoms with Crippen molar-refractivity contribution in [2.75, 3.05) is 45.7 Å². The van der Waals surface area contributed by atoms with Crippen molar-refractivity contribution in [3.05, 3.63) is 83.3 Å². The third-order valence-electron chi connectivity index (χ3n) is 6.25. The number of nitrogens with zero attached hydrogens (tertiary/aromatic N) is 4. The summed E-state index contributed by atoms with van der Waals surface area (Å²) in [5, 5.41) is 9.61. The van der Waals surface area contributed by atoms with Gasteiger partial charge >= 0.3 is 0 Å². The van der Waals surface area contributed by atoms with Crippen LogP contribution >= 0.6 is 0 Å². The lowest BCUT2D eigenvalue weighted by Crippen LogP contribution is -2.30. The Morgan fingerprint density at radius 1 is 1.12 bits per heavy atom. The summed E-state index contributed by atoms with van der Waals surface area (Å²) in [6.07, 6.45) is 7.71. The second-order valence-electron chi connectivity index (χ2n) is 11.2. The zero-order chi connectivity index (χ0) is 31.6. The van der Waals surface area contributed by atoms with Crippen LogP contribution in [0.4, 0.5) is 10.1 Å². The number of pyridine rings is 1. The molecule has 0 radical (unpaired) electrons. The molecule has 1 aromatic carbocycles. The Morgan fingerprint density at radius 2 is 1.86 bits per heavy atom. The molecule has 0 aliphatic carbocycles. The lowest BCUT2D eigenvalue weighted by atomic mass is 10.1. The van der Waals surface area contributed by atoms with Crippen molar-refractivity contribution in [2.24, 2.45) is 4.99 Å². The lowest BCUT2D eigenvalue weighted by molar-refractivity contribution is -0.000655. The second kappa shape index (κ2) is 15.2. The van der Waals surface area contributed by atoms with Gasteiger partial charge in [0, 0.05) is 30.9 Å². The number of anilines is 1. The van der Waals surface area contributed by atoms with Gasteiger partial charge in [-0.2, -0.15) is 5.10 Å². The van der Waals surface area contributed by atoms with E-state index in [1.807, 2.05) is 53.9 Å². The number of fused-ring (bicyclic) bond motifs is 1. The standard InChI is InChI=1S/C32H41FN6O4/c1-22(9-14-29(34-5)42-17-8-16-38(6)7)24-11-13-28-25(20-36-39(28)21-24)31(41)37-27-19-23(10-12-26(27)33)30(40)35-15-18-43-32(2,3)4/h9-14,19-21H,5,8,15-18H2,1-4,6-7H3,(H,35,40)(H,37,41)/b22-9+,29-14+. The number of hydrogen-bond donors (Lipinski definition) is 2. The molecule has 0 spiro atoms. The Hall–Kier alpha value is -4.35. The van der Waals surface area contributed by atoms with Gasteiger partial charge in [-0.1, -0.05) is 12.1 Å². The van der Waals surface area contributed by atoms with Gasteiger partial charge < -0.3 is 25.0 Å². The molecule has 2 aromatic heterocycles. The van der Waals surface area contributed by atoms with Crippen LogP contribution in [0.3, 0.4) is 0 Å². The topological polar surface area (TPSA) is 110 Å². The van der Waals surface area contributed by atoms with Gasteiger partial charge in [0.1, 0.15) is 5.82 Å². The fraction of sp³-hybridized carbons (Fsp3) is 0.375. The smallest absolute Gasteiger partial charge is 0.259 e. The minimum Gasteiger partial charge on any atom is -0.478 e. The molecule has 0 unspecified atom stereocenters. The molecule has 3 rings (SSSR count). The van der Waals surface area contributed by atoms with E-state index in [9.17, 15) is 14.0 Å². The van der Waals surface area contributed by atoms with E-state index in [2.05, 4.69) is 32.3 Å². The van der Waals surface area contributed by atoms with Crippen LogP contribution < -0.4 is 10.6 Å². The van der Waals surface area contributed by atoms with E-state index < -0.39 is 17.6 Å². The monoisotopic (exact) mass is 592 g/mol. The van der Waals surface area contributed by atoms with Crippen LogP contribution in [0.25, 0.3) is 11.1 Å². The summed E-state index contributed by atoms with van der Waals surface area (Å²) in [5.74, 6) is -1.19. The summed E-state index contributed by atoms with van der Waals surface area (Å²) in [6.45, 7) is 13.4. The summed E-state index contributed by atoms with van der Waals surface area (Å²) in [7, 11) is 4.02. The largest absolute Gasteiger partial charge is 0.478 e. The molecule has 43 heavy (non-hydrogen) atoms. The number of ether oxygens (including phenoxy) is 2. The first-order valence-electron chi connectivity index (χ1n) is 14.0. The Balaban J connectivity index is 1.68. The van der Waals surface area contributed by atoms with Crippen molar-refractivity contribution in [3.8, 4) is 0 Å². The highest BCUT2D eigenvalue weighted by molar-refractivity contribution is 6.09. The van der Waals surface area contributed by atoms with Gasteiger partial charge in [0.25, 0.3) is 11.8 Å². The van der Waals surface area contributed by atoms with Crippen LogP contribution in [0.1, 0.15) is 60.4 Å². The van der Waals surface area contributed by atoms with Crippen LogP contribution in [-0.4, -0.2) is 79.0 Å². The maximum atomic E-state index is 14.6. The number of hydrogen-bond acceptors (Lipinski definition) is 7. The number of carbonyl (C=O) groups excluding carboxylic acids is 2. The molecule has 3 aromatic rings. The lowest BCUT2D eigenvalue weighted by Gasteiger charge is -2.19. The van der Waals surface area contributed by atoms with E-state index in [0.717, 1.165) is 30.2 Å². The average Bonchev–Trinajstić information content (AvgIpc) is 3.38. The maximum absolute atomic E-state index is 14.6. The summed E-state index contributed by atoms with van der Waals surface area (Å²) < 4.78 is 27.4. The van der Waals surface area contributed by atoms with Gasteiger partial charge in [-0.05, 0) is 90.3 Å². The van der Waals surface area contributed by atoms with Gasteiger partial charge in [-0.25, -0.2) is 13.9 Å². The number of aromatic nitrogens is 2. The minimum absolute atomic E-state index is 0.110. The van der Waals surface area contributed by atoms with E-state index in [1.165, 1.54) is 18.3 Å². The fourth-order valence-corrected chi connectivity index (χ4v) is 3.96. The summed E-state index contributed by atoms with van der Waals surface area (Å²) in [6, 6.07) is 7.43. The molecule has 0 bridgehead atoms. The number of carbonyl (C=O) groups is 2. The third-order valence-corrected chi connectivity index (χ3v) is 6.25. The first kappa shape index (κ1) is 33.2. The van der Waals surface area contributed by atoms with Crippen molar-refractivity contribution in [2.45, 2.75) is 39.7 Å². The molecule has 2 amide bonds. The number of allylic oxidation sites excluding steroid dienone is 3. The van der Waals surface area contributed by atoms with E-state index in [1.54, 1.807) is 22.9 Å². The summed E-state index contributed by atoms with van der Waals surface area (Å²) in [5.41, 5.74) is 2.36. The molecule has 0 aliphatic heterocycles. The molecular formula is C32H41FN6O4. The molecule has 230 valence electrons. The van der Waals surface area contributed by atoms with Crippen LogP contribution in [0.15, 0.2) is 65.8 Å². The Morgan fingerprint density at radius 3 is 2.56 bits per heavy atom. The van der Waals surface area contributed by atoms with Crippen LogP contribution in [-0.2, 0) is 9.47 Å². The quantitative estimate of drug-likeness (QED) is 0.116. The van der Waals surface area contributed by atoms with E-state index in [4.69, 9.17) is 9.47 Å². The first-order valence-corrected chi connectivity index (χ1v) is 14.0. The van der Waals surface area contributed by atoms with Crippen molar-refractivity contribution in [1.82, 2.24) is 19.8 Å². The zero-order valence-electron chi connectivity index (χ0n) is 25.7. The summed E-state index contributed by atoms with van der Waals surface area (Å²) >= 11 is 0. The molecule has 10 nitrogen and oxygen atoms in total. The highest BCUT2D eigenvalue weighted by atomic mass is 19.1. The molecule has 0 atom stereocenters. The predicted octanol–water partition coefficient (Wildman–Crippen LogP) is 5.18. The Kier molecular flexibility index (Phi) is 11.7. The fourth-order valence-electron chi connectivity index (χ4n) is 3.96. The molecule has 0 saturated carbocycles. The van der Waals surface area contributed by atoms with Gasteiger partial charge in [-0.15, -0.1) is 0 Å². The highest BCUT2D eigenvalue weighted by Crippen LogP contribution is 2.21. The Bertz CT molecular complexity index is 1500. The van der Waals surface area contributed by atoms with Gasteiger partial charge in [0.2, 0.25) is 5.88 Å². The van der Waals surface area contributed by atoms with Gasteiger partial charge in [0.05, 0.1) is 41.8 Å². The number of benzene rings is 1. The van der Waals surface area contributed by atoms with Gasteiger partial charge in [0.15, 0.2) is 0 Å². The van der Waals surface area contributed by atoms with Crippen molar-refractivity contribution in [1.29, 1.82) is 0 Å². The zero-order valence-corrected chi connectivity index (χ0v) is 25.7. The number of nitrogens with one attached hydrogen (secondary N) is 2. The molecule has 2 N–H and O–H groups in total. The van der Waals surface area contributed by atoms with E-state index in [-0.39, 0.29) is 22.4 Å². The average molecular weight is 593 g/mol. The summed E-state index contributed by atoms with van der Waals surface area (Å²) in [4.78, 5) is 31.7. The van der Waals surface area contributed by atoms with Crippen molar-refractivity contribution in [3.63, 3.8) is 0 Å². The van der Waals surface area contributed by atoms with E-state index in [0.29, 0.717) is 31.2 Å². The van der Waals surface area contributed by atoms with Crippen molar-refractivity contribution >= 4 is 35.3 Å². The molecule has 11 heteroatoms. The normalized spacial score (nSPS) is 12.5. The minimum atomic E-state index is -0.663. The SMILES string of the molecule is C=N/C(=C\C=C(/C)c1ccc2c(C(=O)Nc3cc(C(=O)NCCOC(C)(C)C)ccc3F)cnn2c1)OCCCN(C)C. The molecule has 0 saturated heterocycles. The van der Waals surface area contributed by atoms with Crippen LogP contribution in [0.2, 0.25) is 0 Å². The number of aliphatic imine (C=N–C) groups is 1. The predicted molar refractivity (Wildman–Crippen MR) is 168 cm³/mol. The maximum Gasteiger partial charge on any atom is 0.259 e. The molecule has 2 heterocycles. The third kappa shape index (κ3) is 10.2. The van der Waals surface area contributed by atoms with Crippen LogP contribution in [0.5, 0.6) is 0 Å². The molecular weight excluding hydrogens is 551 g/mol. The van der Waals surface area contributed by atoms with E-state index >= 15 is 0 Å². The number of rotatable bonds is 14. The second-order valence-corrected chi connectivity index (χ2v) is 11.2. The first-order chi connectivity index (χ1) is 20.4. The van der Waals surface area contributed by atoms with Crippen molar-refractivity contribution < 1.29 is 23.5 Å². The number of halogens is 1. The molecule has 0 aliphatic rings. The Labute approximate surface area is 252 Å². The molecule has 0 fully saturated rings. The van der Waals surface area contributed by atoms with Gasteiger partial charge in [-0.3, -0.25) is 9.59 Å². The number of amides is 2. The highest BCUT2D eigenvalue weighted by Gasteiger charge is 2.17. The van der Waals surface area contributed by atoms with Crippen LogP contribution in [0, 0.1) is 5.82 Å².